The third-order valence-corrected chi connectivity index (χ3v) is 3.06. The van der Waals surface area contributed by atoms with Gasteiger partial charge in [-0.1, -0.05) is 51.1 Å². The molecule has 2 rings (SSSR count). The molecule has 0 amide bonds. The van der Waals surface area contributed by atoms with Crippen molar-refractivity contribution in [2.45, 2.75) is 39.2 Å². The molecule has 2 nitrogen and oxygen atoms in total. The molecule has 1 aromatic carbocycles. The predicted octanol–water partition coefficient (Wildman–Crippen LogP) is 3.79. The van der Waals surface area contributed by atoms with Gasteiger partial charge in [-0.3, -0.25) is 4.68 Å². The summed E-state index contributed by atoms with van der Waals surface area (Å²) in [5, 5.41) is 4.67. The first-order chi connectivity index (χ1) is 7.98. The highest BCUT2D eigenvalue weighted by atomic mass is 15.3. The van der Waals surface area contributed by atoms with E-state index < -0.39 is 0 Å². The Bertz CT molecular complexity index is 477. The van der Waals surface area contributed by atoms with E-state index in [9.17, 15) is 0 Å². The number of hydrogen-bond donors (Lipinski definition) is 0. The van der Waals surface area contributed by atoms with Crippen LogP contribution in [0.25, 0.3) is 0 Å². The molecule has 2 heteroatoms. The van der Waals surface area contributed by atoms with Crippen LogP contribution in [0.1, 0.15) is 45.0 Å². The first kappa shape index (κ1) is 11.9. The van der Waals surface area contributed by atoms with Crippen LogP contribution < -0.4 is 0 Å². The molecule has 1 heterocycles. The fourth-order valence-corrected chi connectivity index (χ4v) is 1.84. The minimum absolute atomic E-state index is 0.113. The zero-order chi connectivity index (χ0) is 12.5. The maximum Gasteiger partial charge on any atom is 0.0740 e. The van der Waals surface area contributed by atoms with E-state index in [1.165, 1.54) is 5.56 Å². The van der Waals surface area contributed by atoms with Gasteiger partial charge in [-0.2, -0.15) is 5.10 Å². The predicted molar refractivity (Wildman–Crippen MR) is 71.2 cm³/mol. The van der Waals surface area contributed by atoms with E-state index in [-0.39, 0.29) is 11.5 Å². The van der Waals surface area contributed by atoms with E-state index in [1.54, 1.807) is 0 Å². The van der Waals surface area contributed by atoms with Crippen molar-refractivity contribution >= 4 is 0 Å². The fraction of sp³-hybridized carbons (Fsp3) is 0.400. The molecule has 17 heavy (non-hydrogen) atoms. The first-order valence-corrected chi connectivity index (χ1v) is 6.09. The molecule has 0 radical (unpaired) electrons. The Balaban J connectivity index is 2.27. The molecule has 0 aliphatic carbocycles. The van der Waals surface area contributed by atoms with Crippen LogP contribution in [0.3, 0.4) is 0 Å². The average Bonchev–Trinajstić information content (AvgIpc) is 2.78. The number of benzene rings is 1. The summed E-state index contributed by atoms with van der Waals surface area (Å²) in [6, 6.07) is 12.9. The molecule has 0 aliphatic rings. The largest absolute Gasteiger partial charge is 0.265 e. The Labute approximate surface area is 103 Å². The van der Waals surface area contributed by atoms with Gasteiger partial charge >= 0.3 is 0 Å². The van der Waals surface area contributed by atoms with E-state index in [1.807, 2.05) is 10.7 Å². The van der Waals surface area contributed by atoms with Gasteiger partial charge in [-0.05, 0) is 18.6 Å². The van der Waals surface area contributed by atoms with Crippen LogP contribution in [0.5, 0.6) is 0 Å². The SMILES string of the molecule is CC(c1ccccc1)n1ccc(C(C)(C)C)n1. The van der Waals surface area contributed by atoms with Crippen LogP contribution in [0, 0.1) is 0 Å². The molecule has 1 atom stereocenters. The zero-order valence-corrected chi connectivity index (χ0v) is 11.0. The summed E-state index contributed by atoms with van der Waals surface area (Å²) < 4.78 is 2.04. The summed E-state index contributed by atoms with van der Waals surface area (Å²) in [4.78, 5) is 0. The second-order valence-corrected chi connectivity index (χ2v) is 5.52. The number of nitrogens with zero attached hydrogens (tertiary/aromatic N) is 2. The molecule has 0 saturated heterocycles. The van der Waals surface area contributed by atoms with Crippen molar-refractivity contribution in [3.05, 3.63) is 53.9 Å². The minimum Gasteiger partial charge on any atom is -0.265 e. The summed E-state index contributed by atoms with van der Waals surface area (Å²) in [5.41, 5.74) is 2.54. The van der Waals surface area contributed by atoms with Crippen molar-refractivity contribution in [1.29, 1.82) is 0 Å². The van der Waals surface area contributed by atoms with Gasteiger partial charge in [-0.15, -0.1) is 0 Å². The fourth-order valence-electron chi connectivity index (χ4n) is 1.84. The van der Waals surface area contributed by atoms with E-state index >= 15 is 0 Å². The summed E-state index contributed by atoms with van der Waals surface area (Å²) in [5.74, 6) is 0. The minimum atomic E-state index is 0.113. The first-order valence-electron chi connectivity index (χ1n) is 6.09. The lowest BCUT2D eigenvalue weighted by molar-refractivity contribution is 0.512. The lowest BCUT2D eigenvalue weighted by Gasteiger charge is -2.16. The van der Waals surface area contributed by atoms with Gasteiger partial charge in [-0.25, -0.2) is 0 Å². The van der Waals surface area contributed by atoms with Gasteiger partial charge in [0.05, 0.1) is 11.7 Å². The standard InChI is InChI=1S/C15H20N2/c1-12(13-8-6-5-7-9-13)17-11-10-14(16-17)15(2,3)4/h5-12H,1-4H3. The molecular weight excluding hydrogens is 208 g/mol. The Morgan fingerprint density at radius 3 is 2.24 bits per heavy atom. The smallest absolute Gasteiger partial charge is 0.0740 e. The van der Waals surface area contributed by atoms with Gasteiger partial charge in [0.1, 0.15) is 0 Å². The molecule has 0 N–H and O–H groups in total. The van der Waals surface area contributed by atoms with Crippen molar-refractivity contribution in [2.75, 3.05) is 0 Å². The van der Waals surface area contributed by atoms with Crippen molar-refractivity contribution in [1.82, 2.24) is 9.78 Å². The molecule has 1 unspecified atom stereocenters. The maximum atomic E-state index is 4.67. The Hall–Kier alpha value is -1.57. The van der Waals surface area contributed by atoms with Gasteiger partial charge in [0.2, 0.25) is 0 Å². The molecule has 0 aliphatic heterocycles. The summed E-state index contributed by atoms with van der Waals surface area (Å²) in [6.07, 6.45) is 2.07. The van der Waals surface area contributed by atoms with Crippen LogP contribution in [0.2, 0.25) is 0 Å². The highest BCUT2D eigenvalue weighted by Crippen LogP contribution is 2.22. The van der Waals surface area contributed by atoms with Gasteiger partial charge < -0.3 is 0 Å². The third-order valence-electron chi connectivity index (χ3n) is 3.06. The van der Waals surface area contributed by atoms with Crippen molar-refractivity contribution in [3.63, 3.8) is 0 Å². The van der Waals surface area contributed by atoms with Gasteiger partial charge in [0.15, 0.2) is 0 Å². The summed E-state index contributed by atoms with van der Waals surface area (Å²) >= 11 is 0. The normalized spacial score (nSPS) is 13.6. The Kier molecular flexibility index (Phi) is 3.05. The molecule has 0 saturated carbocycles. The molecule has 1 aromatic heterocycles. The molecule has 2 aromatic rings. The highest BCUT2D eigenvalue weighted by molar-refractivity contribution is 5.20. The van der Waals surface area contributed by atoms with E-state index in [0.717, 1.165) is 5.69 Å². The van der Waals surface area contributed by atoms with Gasteiger partial charge in [0, 0.05) is 11.6 Å². The second kappa shape index (κ2) is 4.36. The molecule has 0 fully saturated rings. The Morgan fingerprint density at radius 1 is 1.06 bits per heavy atom. The molecular formula is C15H20N2. The molecule has 90 valence electrons. The lowest BCUT2D eigenvalue weighted by Crippen LogP contribution is -2.14. The van der Waals surface area contributed by atoms with Gasteiger partial charge in [0.25, 0.3) is 0 Å². The lowest BCUT2D eigenvalue weighted by atomic mass is 9.93. The highest BCUT2D eigenvalue weighted by Gasteiger charge is 2.18. The van der Waals surface area contributed by atoms with E-state index in [4.69, 9.17) is 0 Å². The quantitative estimate of drug-likeness (QED) is 0.764. The van der Waals surface area contributed by atoms with Crippen molar-refractivity contribution in [2.24, 2.45) is 0 Å². The molecule has 0 spiro atoms. The van der Waals surface area contributed by atoms with Crippen LogP contribution in [0.15, 0.2) is 42.6 Å². The molecule has 0 bridgehead atoms. The summed E-state index contributed by atoms with van der Waals surface area (Å²) in [6.45, 7) is 8.74. The Morgan fingerprint density at radius 2 is 1.71 bits per heavy atom. The average molecular weight is 228 g/mol. The third kappa shape index (κ3) is 2.57. The number of hydrogen-bond acceptors (Lipinski definition) is 1. The number of aromatic nitrogens is 2. The van der Waals surface area contributed by atoms with Crippen molar-refractivity contribution < 1.29 is 0 Å². The van der Waals surface area contributed by atoms with E-state index in [0.29, 0.717) is 0 Å². The van der Waals surface area contributed by atoms with Crippen LogP contribution in [-0.2, 0) is 5.41 Å². The van der Waals surface area contributed by atoms with Crippen LogP contribution in [0.4, 0.5) is 0 Å². The second-order valence-electron chi connectivity index (χ2n) is 5.52. The maximum absolute atomic E-state index is 4.67. The topological polar surface area (TPSA) is 17.8 Å². The number of rotatable bonds is 2. The summed E-state index contributed by atoms with van der Waals surface area (Å²) in [7, 11) is 0. The van der Waals surface area contributed by atoms with Crippen molar-refractivity contribution in [3.8, 4) is 0 Å². The van der Waals surface area contributed by atoms with Crippen LogP contribution in [-0.4, -0.2) is 9.78 Å². The zero-order valence-electron chi connectivity index (χ0n) is 11.0. The monoisotopic (exact) mass is 228 g/mol. The van der Waals surface area contributed by atoms with Crippen LogP contribution >= 0.6 is 0 Å². The van der Waals surface area contributed by atoms with E-state index in [2.05, 4.69) is 69.3 Å².